The van der Waals surface area contributed by atoms with Crippen molar-refractivity contribution in [2.45, 2.75) is 70.8 Å². The summed E-state index contributed by atoms with van der Waals surface area (Å²) in [5.74, 6) is 0.598. The van der Waals surface area contributed by atoms with Crippen LogP contribution in [0.5, 0.6) is 0 Å². The van der Waals surface area contributed by atoms with E-state index in [1.165, 1.54) is 21.3 Å². The highest BCUT2D eigenvalue weighted by Gasteiger charge is 2.37. The monoisotopic (exact) mass is 778 g/mol. The van der Waals surface area contributed by atoms with Crippen molar-refractivity contribution in [3.8, 4) is 33.6 Å². The van der Waals surface area contributed by atoms with Gasteiger partial charge in [-0.15, -0.1) is 0 Å². The Morgan fingerprint density at radius 1 is 0.719 bits per heavy atom. The fraction of sp³-hybridized carbons (Fsp3) is 0.381. The number of fused-ring (bicyclic) bond motifs is 1. The molecule has 3 heterocycles. The lowest BCUT2D eigenvalue weighted by molar-refractivity contribution is -0.135. The molecule has 15 nitrogen and oxygen atoms in total. The van der Waals surface area contributed by atoms with Crippen molar-refractivity contribution in [1.82, 2.24) is 40.8 Å². The number of nitrogens with one attached hydrogen (secondary N) is 5. The zero-order chi connectivity index (χ0) is 40.8. The first-order chi connectivity index (χ1) is 27.4. The van der Waals surface area contributed by atoms with E-state index in [-0.39, 0.29) is 17.9 Å². The summed E-state index contributed by atoms with van der Waals surface area (Å²) < 4.78 is 14.7. The van der Waals surface area contributed by atoms with Gasteiger partial charge in [0.2, 0.25) is 11.8 Å². The average molecular weight is 779 g/mol. The Kier molecular flexibility index (Phi) is 12.6. The van der Waals surface area contributed by atoms with Gasteiger partial charge in [-0.2, -0.15) is 0 Å². The van der Waals surface area contributed by atoms with E-state index in [4.69, 9.17) is 14.5 Å². The van der Waals surface area contributed by atoms with Crippen LogP contribution in [0.2, 0.25) is 0 Å². The summed E-state index contributed by atoms with van der Waals surface area (Å²) in [6, 6.07) is 18.5. The molecule has 1 unspecified atom stereocenters. The Morgan fingerprint density at radius 2 is 1.30 bits per heavy atom. The minimum atomic E-state index is -0.954. The van der Waals surface area contributed by atoms with E-state index in [9.17, 15) is 19.2 Å². The van der Waals surface area contributed by atoms with Crippen molar-refractivity contribution >= 4 is 34.8 Å². The number of methoxy groups -OCH3 is 3. The van der Waals surface area contributed by atoms with Gasteiger partial charge < -0.3 is 45.0 Å². The van der Waals surface area contributed by atoms with Gasteiger partial charge in [-0.05, 0) is 72.2 Å². The predicted octanol–water partition coefficient (Wildman–Crippen LogP) is 6.27. The number of likely N-dealkylation sites (tertiary alicyclic amines) is 1. The van der Waals surface area contributed by atoms with Crippen LogP contribution >= 0.6 is 0 Å². The maximum atomic E-state index is 13.6. The number of benzene rings is 3. The van der Waals surface area contributed by atoms with Crippen LogP contribution in [0.25, 0.3) is 44.4 Å². The summed E-state index contributed by atoms with van der Waals surface area (Å²) in [4.78, 5) is 68.1. The number of rotatable bonds is 13. The van der Waals surface area contributed by atoms with E-state index < -0.39 is 42.3 Å². The second kappa shape index (κ2) is 17.7. The van der Waals surface area contributed by atoms with E-state index >= 15 is 0 Å². The highest BCUT2D eigenvalue weighted by molar-refractivity contribution is 5.91. The Morgan fingerprint density at radius 3 is 1.95 bits per heavy atom. The molecule has 3 aromatic carbocycles. The Balaban J connectivity index is 1.11. The van der Waals surface area contributed by atoms with Gasteiger partial charge in [0, 0.05) is 19.2 Å². The molecule has 5 aromatic rings. The van der Waals surface area contributed by atoms with Gasteiger partial charge in [-0.3, -0.25) is 9.59 Å². The number of carbonyl (C=O) groups is 4. The lowest BCUT2D eigenvalue weighted by Crippen LogP contribution is -2.53. The smallest absolute Gasteiger partial charge is 0.407 e. The quantitative estimate of drug-likeness (QED) is 0.0917. The van der Waals surface area contributed by atoms with Crippen LogP contribution in [0.4, 0.5) is 9.59 Å². The zero-order valence-corrected chi connectivity index (χ0v) is 33.2. The van der Waals surface area contributed by atoms with Crippen LogP contribution in [0.1, 0.15) is 64.3 Å². The summed E-state index contributed by atoms with van der Waals surface area (Å²) in [5, 5.41) is 10.2. The second-order valence-corrected chi connectivity index (χ2v) is 14.6. The molecule has 1 aliphatic heterocycles. The van der Waals surface area contributed by atoms with Gasteiger partial charge >= 0.3 is 12.2 Å². The molecule has 0 spiro atoms. The number of aromatic amines is 2. The van der Waals surface area contributed by atoms with Crippen LogP contribution in [-0.2, 0) is 23.8 Å². The maximum absolute atomic E-state index is 13.6. The van der Waals surface area contributed by atoms with Gasteiger partial charge in [0.1, 0.15) is 23.7 Å². The lowest BCUT2D eigenvalue weighted by Gasteiger charge is -2.30. The van der Waals surface area contributed by atoms with Gasteiger partial charge in [-0.1, -0.05) is 62.4 Å². The molecule has 15 heteroatoms. The molecule has 6 rings (SSSR count). The fourth-order valence-corrected chi connectivity index (χ4v) is 7.07. The molecule has 0 bridgehead atoms. The Hall–Kier alpha value is -6.22. The number of H-pyrrole nitrogens is 2. The first-order valence-electron chi connectivity index (χ1n) is 19.0. The van der Waals surface area contributed by atoms with Crippen LogP contribution in [0, 0.1) is 5.92 Å². The Bertz CT molecular complexity index is 2210. The summed E-state index contributed by atoms with van der Waals surface area (Å²) in [6.45, 7) is 7.87. The van der Waals surface area contributed by atoms with Crippen molar-refractivity contribution in [2.24, 2.45) is 5.92 Å². The molecule has 1 fully saturated rings. The fourth-order valence-electron chi connectivity index (χ4n) is 7.07. The first-order valence-corrected chi connectivity index (χ1v) is 19.0. The van der Waals surface area contributed by atoms with E-state index in [0.717, 1.165) is 63.1 Å². The van der Waals surface area contributed by atoms with Crippen LogP contribution in [-0.4, -0.2) is 94.9 Å². The third-order valence-electron chi connectivity index (χ3n) is 10.5. The van der Waals surface area contributed by atoms with E-state index in [1.54, 1.807) is 20.0 Å². The molecule has 1 aliphatic rings. The highest BCUT2D eigenvalue weighted by Crippen LogP contribution is 2.34. The summed E-state index contributed by atoms with van der Waals surface area (Å²) >= 11 is 0. The topological polar surface area (TPSA) is 193 Å². The third kappa shape index (κ3) is 9.10. The van der Waals surface area contributed by atoms with E-state index in [0.29, 0.717) is 12.4 Å². The Labute approximate surface area is 331 Å². The third-order valence-corrected chi connectivity index (χ3v) is 10.5. The van der Waals surface area contributed by atoms with Gasteiger partial charge in [-0.25, -0.2) is 19.6 Å². The lowest BCUT2D eigenvalue weighted by atomic mass is 9.98. The number of imidazole rings is 2. The molecule has 5 atom stereocenters. The van der Waals surface area contributed by atoms with Crippen molar-refractivity contribution in [3.63, 3.8) is 0 Å². The molecule has 57 heavy (non-hydrogen) atoms. The summed E-state index contributed by atoms with van der Waals surface area (Å²) in [7, 11) is 3.98. The molecule has 4 amide bonds. The van der Waals surface area contributed by atoms with Crippen molar-refractivity contribution in [3.05, 3.63) is 84.7 Å². The normalized spacial score (nSPS) is 16.1. The number of aromatic nitrogens is 4. The number of nitrogens with zero attached hydrogens (tertiary/aromatic N) is 3. The molecule has 2 aromatic heterocycles. The standard InChI is InChI=1S/C42H50N8O7/c1-23(2)35(48-41(53)56-6)40(52)50-18-8-9-34(50)38-44-22-33(47-38)31-17-16-29-19-28(14-15-30(29)20-31)26-10-12-27(13-11-26)32-21-43-37(46-32)24(3)45-39(51)36(25(4)55-5)49-42(54)57-7/h10-17,19-25,34-36H,8-9,18H2,1-7H3,(H,43,46)(H,44,47)(H,45,51)(H,48,53)(H,49,54)/t24-,25?,34-,35-,36-/m0/s1. The first kappa shape index (κ1) is 40.4. The van der Waals surface area contributed by atoms with E-state index in [1.807, 2.05) is 37.1 Å². The number of ether oxygens (including phenoxy) is 3. The number of hydrogen-bond acceptors (Lipinski definition) is 9. The minimum Gasteiger partial charge on any atom is -0.453 e. The molecule has 5 N–H and O–H groups in total. The molecule has 0 radical (unpaired) electrons. The number of carbonyl (C=O) groups excluding carboxylic acids is 4. The molecule has 300 valence electrons. The molecule has 1 saturated heterocycles. The largest absolute Gasteiger partial charge is 0.453 e. The zero-order valence-electron chi connectivity index (χ0n) is 33.2. The second-order valence-electron chi connectivity index (χ2n) is 14.6. The van der Waals surface area contributed by atoms with Crippen LogP contribution in [0.3, 0.4) is 0 Å². The molecule has 0 aliphatic carbocycles. The van der Waals surface area contributed by atoms with E-state index in [2.05, 4.69) is 84.2 Å². The number of hydrogen-bond donors (Lipinski definition) is 5. The average Bonchev–Trinajstić information content (AvgIpc) is 4.03. The molecular weight excluding hydrogens is 729 g/mol. The number of alkyl carbamates (subject to hydrolysis) is 2. The predicted molar refractivity (Wildman–Crippen MR) is 215 cm³/mol. The van der Waals surface area contributed by atoms with Crippen molar-refractivity contribution in [2.75, 3.05) is 27.9 Å². The van der Waals surface area contributed by atoms with Crippen molar-refractivity contribution < 1.29 is 33.4 Å². The number of amides is 4. The molecule has 0 saturated carbocycles. The SMILES string of the molecule is COC(=O)N[C@H](C(=O)N1CCC[C@H]1c1ncc(-c2ccc3cc(-c4ccc(-c5cnc([C@H](C)NC(=O)[C@@H](NC(=O)OC)C(C)OC)[nH]5)cc4)ccc3c2)[nH]1)C(C)C. The van der Waals surface area contributed by atoms with Crippen LogP contribution < -0.4 is 16.0 Å². The summed E-state index contributed by atoms with van der Waals surface area (Å²) in [5.41, 5.74) is 5.69. The maximum Gasteiger partial charge on any atom is 0.407 e. The van der Waals surface area contributed by atoms with Gasteiger partial charge in [0.15, 0.2) is 0 Å². The summed E-state index contributed by atoms with van der Waals surface area (Å²) in [6.07, 6.45) is 3.21. The molecular formula is C42H50N8O7. The van der Waals surface area contributed by atoms with Crippen LogP contribution in [0.15, 0.2) is 73.1 Å². The van der Waals surface area contributed by atoms with Crippen molar-refractivity contribution in [1.29, 1.82) is 0 Å². The minimum absolute atomic E-state index is 0.109. The van der Waals surface area contributed by atoms with Gasteiger partial charge in [0.25, 0.3) is 0 Å². The highest BCUT2D eigenvalue weighted by atomic mass is 16.5. The van der Waals surface area contributed by atoms with Gasteiger partial charge in [0.05, 0.1) is 56.2 Å².